The lowest BCUT2D eigenvalue weighted by molar-refractivity contribution is 0.0607. The number of rotatable bonds is 2. The summed E-state index contributed by atoms with van der Waals surface area (Å²) < 4.78 is -0.174. The second-order valence-corrected chi connectivity index (χ2v) is 9.13. The van der Waals surface area contributed by atoms with Gasteiger partial charge in [-0.05, 0) is 25.0 Å². The highest BCUT2D eigenvalue weighted by Gasteiger charge is 2.52. The van der Waals surface area contributed by atoms with Crippen molar-refractivity contribution >= 4 is 5.69 Å². The van der Waals surface area contributed by atoms with Crippen LogP contribution >= 0.6 is 0 Å². The van der Waals surface area contributed by atoms with Gasteiger partial charge in [0.1, 0.15) is 17.9 Å². The Morgan fingerprint density at radius 1 is 0.889 bits per heavy atom. The van der Waals surface area contributed by atoms with Crippen molar-refractivity contribution in [3.8, 4) is 0 Å². The molecule has 1 unspecified atom stereocenters. The van der Waals surface area contributed by atoms with Crippen molar-refractivity contribution in [1.29, 1.82) is 0 Å². The molecule has 1 N–H and O–H groups in total. The first-order chi connectivity index (χ1) is 13.2. The molecule has 3 aliphatic rings. The van der Waals surface area contributed by atoms with E-state index in [0.29, 0.717) is 6.67 Å². The topological polar surface area (TPSA) is 38.3 Å². The molecule has 2 aliphatic heterocycles. The van der Waals surface area contributed by atoms with Gasteiger partial charge in [0.15, 0.2) is 0 Å². The molecule has 2 saturated heterocycles. The lowest BCUT2D eigenvalue weighted by Gasteiger charge is -2.54. The largest absolute Gasteiger partial charge is 0.626 e. The average Bonchev–Trinajstić information content (AvgIpc) is 3.04. The van der Waals surface area contributed by atoms with Gasteiger partial charge >= 0.3 is 0 Å². The summed E-state index contributed by atoms with van der Waals surface area (Å²) in [6.45, 7) is 3.58. The summed E-state index contributed by atoms with van der Waals surface area (Å²) in [5, 5.41) is 17.4. The van der Waals surface area contributed by atoms with Crippen molar-refractivity contribution in [3.63, 3.8) is 0 Å². The fourth-order valence-electron chi connectivity index (χ4n) is 5.77. The first-order valence-corrected chi connectivity index (χ1v) is 11.3. The SMILES string of the molecule is [O-][N+]1(c2ccccc2)CNCC12CCN(C1CCCCCCCCC1)CC2. The van der Waals surface area contributed by atoms with E-state index < -0.39 is 0 Å². The number of nitrogens with zero attached hydrogens (tertiary/aromatic N) is 2. The molecule has 2 heterocycles. The fraction of sp³-hybridized carbons (Fsp3) is 0.739. The van der Waals surface area contributed by atoms with Crippen LogP contribution in [0, 0.1) is 5.21 Å². The number of hydroxylamine groups is 2. The molecule has 4 nitrogen and oxygen atoms in total. The second kappa shape index (κ2) is 8.60. The van der Waals surface area contributed by atoms with Gasteiger partial charge in [0.2, 0.25) is 0 Å². The van der Waals surface area contributed by atoms with Crippen molar-refractivity contribution in [2.24, 2.45) is 0 Å². The molecule has 1 aliphatic carbocycles. The number of hydrogen-bond donors (Lipinski definition) is 1. The molecule has 0 radical (unpaired) electrons. The molecule has 0 bridgehead atoms. The number of piperidine rings is 1. The molecule has 27 heavy (non-hydrogen) atoms. The van der Waals surface area contributed by atoms with Crippen LogP contribution in [0.15, 0.2) is 30.3 Å². The number of para-hydroxylation sites is 1. The van der Waals surface area contributed by atoms with Crippen LogP contribution in [0.2, 0.25) is 0 Å². The van der Waals surface area contributed by atoms with Gasteiger partial charge in [-0.15, -0.1) is 0 Å². The highest BCUT2D eigenvalue weighted by molar-refractivity contribution is 5.47. The standard InChI is InChI=1S/C23H37N3O/c27-26(22-13-9-6-10-14-22)20-24-19-23(26)15-17-25(18-16-23)21-11-7-4-2-1-3-5-8-12-21/h6,9-10,13-14,21,24H,1-5,7-8,11-12,15-20H2. The Morgan fingerprint density at radius 2 is 1.48 bits per heavy atom. The summed E-state index contributed by atoms with van der Waals surface area (Å²) in [6.07, 6.45) is 14.7. The summed E-state index contributed by atoms with van der Waals surface area (Å²) >= 11 is 0. The predicted molar refractivity (Wildman–Crippen MR) is 113 cm³/mol. The van der Waals surface area contributed by atoms with Crippen LogP contribution in [0.4, 0.5) is 5.69 Å². The van der Waals surface area contributed by atoms with Gasteiger partial charge in [-0.1, -0.05) is 63.1 Å². The van der Waals surface area contributed by atoms with E-state index in [1.165, 1.54) is 57.8 Å². The van der Waals surface area contributed by atoms with Crippen LogP contribution in [-0.2, 0) is 0 Å². The smallest absolute Gasteiger partial charge is 0.137 e. The molecule has 4 rings (SSSR count). The van der Waals surface area contributed by atoms with Crippen LogP contribution in [0.1, 0.15) is 70.6 Å². The quantitative estimate of drug-likeness (QED) is 0.600. The van der Waals surface area contributed by atoms with Gasteiger partial charge in [-0.25, -0.2) is 0 Å². The second-order valence-electron chi connectivity index (χ2n) is 9.13. The molecule has 1 aromatic carbocycles. The van der Waals surface area contributed by atoms with E-state index in [1.807, 2.05) is 30.3 Å². The highest BCUT2D eigenvalue weighted by atomic mass is 16.6. The molecule has 1 saturated carbocycles. The van der Waals surface area contributed by atoms with Crippen LogP contribution < -0.4 is 9.96 Å². The van der Waals surface area contributed by atoms with Crippen LogP contribution in [-0.4, -0.2) is 42.8 Å². The maximum absolute atomic E-state index is 13.9. The average molecular weight is 372 g/mol. The lowest BCUT2D eigenvalue weighted by Crippen LogP contribution is -2.64. The van der Waals surface area contributed by atoms with Crippen molar-refractivity contribution in [2.45, 2.75) is 82.2 Å². The third-order valence-electron chi connectivity index (χ3n) is 7.55. The van der Waals surface area contributed by atoms with Crippen molar-refractivity contribution < 1.29 is 0 Å². The van der Waals surface area contributed by atoms with Gasteiger partial charge in [-0.3, -0.25) is 10.2 Å². The zero-order valence-corrected chi connectivity index (χ0v) is 16.9. The first-order valence-electron chi connectivity index (χ1n) is 11.3. The molecule has 1 spiro atoms. The molecule has 3 fully saturated rings. The maximum Gasteiger partial charge on any atom is 0.137 e. The Labute approximate surface area is 165 Å². The number of hydrogen-bond acceptors (Lipinski definition) is 3. The first kappa shape index (κ1) is 19.4. The van der Waals surface area contributed by atoms with Gasteiger partial charge in [-0.2, -0.15) is 0 Å². The highest BCUT2D eigenvalue weighted by Crippen LogP contribution is 2.42. The van der Waals surface area contributed by atoms with Crippen molar-refractivity contribution in [3.05, 3.63) is 35.5 Å². The number of likely N-dealkylation sites (tertiary alicyclic amines) is 1. The summed E-state index contributed by atoms with van der Waals surface area (Å²) in [4.78, 5) is 2.74. The summed E-state index contributed by atoms with van der Waals surface area (Å²) in [7, 11) is 0. The zero-order chi connectivity index (χ0) is 18.6. The Balaban J connectivity index is 1.42. The van der Waals surface area contributed by atoms with Crippen LogP contribution in [0.25, 0.3) is 0 Å². The van der Waals surface area contributed by atoms with Crippen LogP contribution in [0.5, 0.6) is 0 Å². The normalized spacial score (nSPS) is 31.1. The maximum atomic E-state index is 13.9. The molecule has 1 aromatic rings. The van der Waals surface area contributed by atoms with E-state index in [4.69, 9.17) is 0 Å². The Bertz CT molecular complexity index is 575. The van der Waals surface area contributed by atoms with E-state index in [0.717, 1.165) is 44.2 Å². The van der Waals surface area contributed by atoms with Gasteiger partial charge in [0, 0.05) is 32.0 Å². The molecule has 0 amide bonds. The fourth-order valence-corrected chi connectivity index (χ4v) is 5.77. The number of quaternary nitrogens is 1. The van der Waals surface area contributed by atoms with Gasteiger partial charge < -0.3 is 9.85 Å². The molecular formula is C23H37N3O. The molecule has 150 valence electrons. The monoisotopic (exact) mass is 371 g/mol. The zero-order valence-electron chi connectivity index (χ0n) is 16.9. The molecular weight excluding hydrogens is 334 g/mol. The van der Waals surface area contributed by atoms with E-state index in [2.05, 4.69) is 10.2 Å². The minimum atomic E-state index is -0.174. The third kappa shape index (κ3) is 3.95. The third-order valence-corrected chi connectivity index (χ3v) is 7.55. The number of nitrogens with one attached hydrogen (secondary N) is 1. The van der Waals surface area contributed by atoms with Crippen molar-refractivity contribution in [1.82, 2.24) is 14.9 Å². The van der Waals surface area contributed by atoms with Gasteiger partial charge in [0.05, 0.1) is 6.54 Å². The van der Waals surface area contributed by atoms with Crippen LogP contribution in [0.3, 0.4) is 0 Å². The molecule has 0 aromatic heterocycles. The Hall–Kier alpha value is -0.940. The summed E-state index contributed by atoms with van der Waals surface area (Å²) in [5.74, 6) is 0. The lowest BCUT2D eigenvalue weighted by atomic mass is 9.84. The van der Waals surface area contributed by atoms with E-state index in [-0.39, 0.29) is 10.2 Å². The predicted octanol–water partition coefficient (Wildman–Crippen LogP) is 4.78. The number of benzene rings is 1. The Morgan fingerprint density at radius 3 is 2.11 bits per heavy atom. The van der Waals surface area contributed by atoms with Gasteiger partial charge in [0.25, 0.3) is 0 Å². The van der Waals surface area contributed by atoms with E-state index in [1.54, 1.807) is 0 Å². The van der Waals surface area contributed by atoms with Crippen molar-refractivity contribution in [2.75, 3.05) is 26.3 Å². The minimum absolute atomic E-state index is 0.173. The summed E-state index contributed by atoms with van der Waals surface area (Å²) in [5.41, 5.74) is 0.753. The molecule has 1 atom stereocenters. The van der Waals surface area contributed by atoms with E-state index >= 15 is 0 Å². The van der Waals surface area contributed by atoms with E-state index in [9.17, 15) is 5.21 Å². The Kier molecular flexibility index (Phi) is 6.18. The molecule has 4 heteroatoms. The minimum Gasteiger partial charge on any atom is -0.626 e. The summed E-state index contributed by atoms with van der Waals surface area (Å²) in [6, 6.07) is 10.8.